The van der Waals surface area contributed by atoms with Crippen molar-refractivity contribution in [3.63, 3.8) is 0 Å². The lowest BCUT2D eigenvalue weighted by molar-refractivity contribution is -0.275. The van der Waals surface area contributed by atoms with E-state index < -0.39 is 36.5 Å². The van der Waals surface area contributed by atoms with Gasteiger partial charge in [-0.1, -0.05) is 18.6 Å². The van der Waals surface area contributed by atoms with E-state index in [9.17, 15) is 15.0 Å². The molecule has 0 aromatic carbocycles. The molecule has 4 fully saturated rings. The van der Waals surface area contributed by atoms with Crippen molar-refractivity contribution in [2.75, 3.05) is 13.7 Å². The molecule has 9 nitrogen and oxygen atoms in total. The molecule has 0 spiro atoms. The second-order valence-electron chi connectivity index (χ2n) is 12.1. The van der Waals surface area contributed by atoms with Gasteiger partial charge < -0.3 is 38.6 Å². The lowest BCUT2D eigenvalue weighted by Gasteiger charge is -2.52. The molecule has 12 atom stereocenters. The molecular formula is C28H40O9. The van der Waals surface area contributed by atoms with Gasteiger partial charge in [-0.3, -0.25) is 4.79 Å². The molecule has 206 valence electrons. The summed E-state index contributed by atoms with van der Waals surface area (Å²) in [7, 11) is 1.57. The van der Waals surface area contributed by atoms with E-state index >= 15 is 0 Å². The summed E-state index contributed by atoms with van der Waals surface area (Å²) in [5.74, 6) is -1.21. The molecule has 4 aliphatic heterocycles. The molecule has 2 N–H and O–H groups in total. The van der Waals surface area contributed by atoms with E-state index in [4.69, 9.17) is 28.4 Å². The molecule has 3 saturated heterocycles. The number of aliphatic hydroxyl groups is 2. The molecule has 0 radical (unpaired) electrons. The van der Waals surface area contributed by atoms with Crippen LogP contribution in [0.15, 0.2) is 23.5 Å². The van der Waals surface area contributed by atoms with Gasteiger partial charge in [-0.25, -0.2) is 0 Å². The molecule has 2 aliphatic carbocycles. The van der Waals surface area contributed by atoms with Crippen LogP contribution in [0.25, 0.3) is 0 Å². The van der Waals surface area contributed by atoms with Crippen LogP contribution in [0.1, 0.15) is 59.3 Å². The zero-order valence-electron chi connectivity index (χ0n) is 22.1. The highest BCUT2D eigenvalue weighted by atomic mass is 16.7. The van der Waals surface area contributed by atoms with Crippen molar-refractivity contribution < 1.29 is 43.4 Å². The first-order valence-electron chi connectivity index (χ1n) is 13.7. The Bertz CT molecular complexity index is 979. The second-order valence-corrected chi connectivity index (χ2v) is 12.1. The van der Waals surface area contributed by atoms with Gasteiger partial charge >= 0.3 is 5.97 Å². The number of ether oxygens (including phenoxy) is 6. The standard InChI is InChI=1S/C28H40O9/c1-14-25(30)21(32-4)10-23(35-14)36-20-9-16-6-7-17-18(27(16,2)11-19(20)29)8-5-15-12-33-28(3)24(15)22(13-34-28)37-26(17)31/h6,12,14,17-25,29-30H,5,7-11,13H2,1-4H3/t14-,17+,18+,19-,20-,21-,22-,23+,24-,25-,27+,28+/m1/s1. The Kier molecular flexibility index (Phi) is 6.49. The van der Waals surface area contributed by atoms with Gasteiger partial charge in [0.1, 0.15) is 12.2 Å². The van der Waals surface area contributed by atoms with Crippen molar-refractivity contribution >= 4 is 5.97 Å². The van der Waals surface area contributed by atoms with Crippen molar-refractivity contribution in [3.8, 4) is 0 Å². The molecule has 37 heavy (non-hydrogen) atoms. The fourth-order valence-electron chi connectivity index (χ4n) is 7.91. The monoisotopic (exact) mass is 520 g/mol. The van der Waals surface area contributed by atoms with Crippen LogP contribution in [0.5, 0.6) is 0 Å². The van der Waals surface area contributed by atoms with E-state index in [1.54, 1.807) is 14.0 Å². The molecule has 6 aliphatic rings. The number of aliphatic hydroxyl groups excluding tert-OH is 2. The van der Waals surface area contributed by atoms with E-state index in [0.717, 1.165) is 18.4 Å². The fourth-order valence-corrected chi connectivity index (χ4v) is 7.91. The molecule has 0 aromatic heterocycles. The molecular weight excluding hydrogens is 480 g/mol. The van der Waals surface area contributed by atoms with Crippen molar-refractivity contribution in [2.45, 2.75) is 108 Å². The number of carbonyl (C=O) groups excluding carboxylic acids is 1. The fraction of sp³-hybridized carbons (Fsp3) is 0.821. The van der Waals surface area contributed by atoms with Gasteiger partial charge in [0.15, 0.2) is 6.29 Å². The zero-order valence-corrected chi connectivity index (χ0v) is 22.1. The lowest BCUT2D eigenvalue weighted by Crippen LogP contribution is -2.53. The number of hydrogen-bond donors (Lipinski definition) is 2. The normalized spacial score (nSPS) is 51.2. The highest BCUT2D eigenvalue weighted by Gasteiger charge is 2.58. The maximum Gasteiger partial charge on any atom is 0.309 e. The summed E-state index contributed by atoms with van der Waals surface area (Å²) >= 11 is 0. The highest BCUT2D eigenvalue weighted by molar-refractivity contribution is 5.74. The minimum absolute atomic E-state index is 0.0436. The minimum Gasteiger partial charge on any atom is -0.469 e. The van der Waals surface area contributed by atoms with Crippen LogP contribution in [0.2, 0.25) is 0 Å². The summed E-state index contributed by atoms with van der Waals surface area (Å²) in [5.41, 5.74) is 2.04. The summed E-state index contributed by atoms with van der Waals surface area (Å²) in [4.78, 5) is 13.5. The Labute approximate surface area is 218 Å². The van der Waals surface area contributed by atoms with Crippen molar-refractivity contribution in [3.05, 3.63) is 23.5 Å². The Morgan fingerprint density at radius 2 is 2.00 bits per heavy atom. The van der Waals surface area contributed by atoms with Crippen LogP contribution in [-0.4, -0.2) is 78.6 Å². The maximum atomic E-state index is 13.5. The van der Waals surface area contributed by atoms with Crippen LogP contribution < -0.4 is 0 Å². The molecule has 9 heteroatoms. The topological polar surface area (TPSA) is 113 Å². The first-order valence-corrected chi connectivity index (χ1v) is 13.7. The summed E-state index contributed by atoms with van der Waals surface area (Å²) in [6.45, 7) is 6.25. The van der Waals surface area contributed by atoms with Gasteiger partial charge in [-0.15, -0.1) is 0 Å². The summed E-state index contributed by atoms with van der Waals surface area (Å²) in [5, 5.41) is 21.6. The quantitative estimate of drug-likeness (QED) is 0.428. The van der Waals surface area contributed by atoms with Crippen LogP contribution in [0, 0.1) is 23.2 Å². The smallest absolute Gasteiger partial charge is 0.309 e. The van der Waals surface area contributed by atoms with Crippen molar-refractivity contribution in [1.82, 2.24) is 0 Å². The van der Waals surface area contributed by atoms with E-state index in [1.807, 2.05) is 13.2 Å². The zero-order chi connectivity index (χ0) is 26.1. The maximum absolute atomic E-state index is 13.5. The van der Waals surface area contributed by atoms with E-state index in [-0.39, 0.29) is 41.3 Å². The SMILES string of the molecule is CO[C@@H]1C[C@H](O[C@@H]2CC3=CC[C@@H]4C(=O)O[C@@H]5CO[C@]6(C)OC=C(CC[C@@H]4[C@@]3(C)C[C@H]2O)[C@H]56)O[C@H](C)[C@H]1O. The summed E-state index contributed by atoms with van der Waals surface area (Å²) in [6.07, 6.45) is 4.18. The Hall–Kier alpha value is -1.49. The van der Waals surface area contributed by atoms with E-state index in [2.05, 4.69) is 13.0 Å². The molecule has 0 unspecified atom stereocenters. The van der Waals surface area contributed by atoms with Gasteiger partial charge in [0.2, 0.25) is 5.79 Å². The Balaban J connectivity index is 1.21. The first kappa shape index (κ1) is 25.8. The Morgan fingerprint density at radius 1 is 1.19 bits per heavy atom. The molecule has 4 heterocycles. The van der Waals surface area contributed by atoms with Gasteiger partial charge in [-0.2, -0.15) is 0 Å². The van der Waals surface area contributed by atoms with Crippen molar-refractivity contribution in [1.29, 1.82) is 0 Å². The second kappa shape index (κ2) is 9.31. The van der Waals surface area contributed by atoms with E-state index in [1.165, 1.54) is 5.57 Å². The van der Waals surface area contributed by atoms with E-state index in [0.29, 0.717) is 32.3 Å². The third-order valence-corrected chi connectivity index (χ3v) is 10.1. The van der Waals surface area contributed by atoms with Gasteiger partial charge in [-0.05, 0) is 55.9 Å². The predicted octanol–water partition coefficient (Wildman–Crippen LogP) is 2.59. The van der Waals surface area contributed by atoms with Gasteiger partial charge in [0.05, 0.1) is 49.1 Å². The molecule has 1 saturated carbocycles. The number of esters is 1. The lowest BCUT2D eigenvalue weighted by atomic mass is 9.55. The average Bonchev–Trinajstić information content (AvgIpc) is 3.36. The third kappa shape index (κ3) is 4.17. The number of fused-ring (bicyclic) bond motifs is 3. The van der Waals surface area contributed by atoms with Crippen molar-refractivity contribution in [2.24, 2.45) is 23.2 Å². The minimum atomic E-state index is -0.759. The number of methoxy groups -OCH3 is 1. The van der Waals surface area contributed by atoms with Gasteiger partial charge in [0, 0.05) is 20.5 Å². The number of hydrogen-bond acceptors (Lipinski definition) is 9. The van der Waals surface area contributed by atoms with Gasteiger partial charge in [0.25, 0.3) is 0 Å². The molecule has 0 aromatic rings. The molecule has 6 rings (SSSR count). The summed E-state index contributed by atoms with van der Waals surface area (Å²) in [6, 6.07) is 0. The highest BCUT2D eigenvalue weighted by Crippen LogP contribution is 2.57. The molecule has 0 bridgehead atoms. The Morgan fingerprint density at radius 3 is 2.78 bits per heavy atom. The van der Waals surface area contributed by atoms with Crippen LogP contribution >= 0.6 is 0 Å². The average molecular weight is 521 g/mol. The summed E-state index contributed by atoms with van der Waals surface area (Å²) < 4.78 is 35.4. The number of allylic oxidation sites excluding steroid dienone is 1. The first-order chi connectivity index (χ1) is 17.6. The molecule has 0 amide bonds. The number of carbonyl (C=O) groups is 1. The van der Waals surface area contributed by atoms with Crippen LogP contribution in [0.4, 0.5) is 0 Å². The largest absolute Gasteiger partial charge is 0.469 e. The third-order valence-electron chi connectivity index (χ3n) is 10.1. The predicted molar refractivity (Wildman–Crippen MR) is 130 cm³/mol. The van der Waals surface area contributed by atoms with Crippen LogP contribution in [0.3, 0.4) is 0 Å². The number of rotatable bonds is 3. The van der Waals surface area contributed by atoms with Crippen LogP contribution in [-0.2, 0) is 33.2 Å².